The Morgan fingerprint density at radius 3 is 2.43 bits per heavy atom. The molecule has 0 unspecified atom stereocenters. The van der Waals surface area contributed by atoms with E-state index in [0.29, 0.717) is 23.5 Å². The second kappa shape index (κ2) is 7.26. The monoisotopic (exact) mass is 317 g/mol. The first-order chi connectivity index (χ1) is 10.9. The van der Waals surface area contributed by atoms with Gasteiger partial charge in [-0.2, -0.15) is 0 Å². The van der Waals surface area contributed by atoms with Gasteiger partial charge in [-0.25, -0.2) is 0 Å². The predicted molar refractivity (Wildman–Crippen MR) is 90.5 cm³/mol. The zero-order valence-electron chi connectivity index (χ0n) is 13.8. The van der Waals surface area contributed by atoms with E-state index in [2.05, 4.69) is 19.2 Å². The van der Waals surface area contributed by atoms with Crippen LogP contribution in [-0.4, -0.2) is 21.6 Å². The molecule has 0 aliphatic carbocycles. The van der Waals surface area contributed by atoms with Crippen molar-refractivity contribution in [3.63, 3.8) is 0 Å². The summed E-state index contributed by atoms with van der Waals surface area (Å²) in [4.78, 5) is 36.1. The number of nitrogens with one attached hydrogen (secondary N) is 1. The van der Waals surface area contributed by atoms with Gasteiger partial charge in [-0.05, 0) is 24.5 Å². The lowest BCUT2D eigenvalue weighted by molar-refractivity contribution is -0.121. The maximum Gasteiger partial charge on any atom is 0.316 e. The second-order valence-electron chi connectivity index (χ2n) is 6.09. The third kappa shape index (κ3) is 3.88. The summed E-state index contributed by atoms with van der Waals surface area (Å²) in [5.41, 5.74) is 0.164. The zero-order chi connectivity index (χ0) is 17.0. The van der Waals surface area contributed by atoms with Gasteiger partial charge in [0.05, 0.1) is 11.0 Å². The molecule has 1 N–H and O–H groups in total. The van der Waals surface area contributed by atoms with Crippen molar-refractivity contribution >= 4 is 16.9 Å². The number of hydrogen-bond acceptors (Lipinski definition) is 3. The number of benzene rings is 1. The molecular formula is C17H23N3O3. The number of aryl methyl sites for hydroxylation is 2. The third-order valence-corrected chi connectivity index (χ3v) is 3.87. The minimum Gasteiger partial charge on any atom is -0.356 e. The molecule has 0 aliphatic heterocycles. The number of aromatic nitrogens is 2. The van der Waals surface area contributed by atoms with Crippen LogP contribution in [0.1, 0.15) is 26.7 Å². The van der Waals surface area contributed by atoms with E-state index in [-0.39, 0.29) is 18.9 Å². The minimum atomic E-state index is -0.596. The van der Waals surface area contributed by atoms with Gasteiger partial charge in [0.15, 0.2) is 0 Å². The topological polar surface area (TPSA) is 73.1 Å². The zero-order valence-corrected chi connectivity index (χ0v) is 13.8. The molecule has 0 bridgehead atoms. The Labute approximate surface area is 134 Å². The van der Waals surface area contributed by atoms with Crippen LogP contribution in [0.15, 0.2) is 33.9 Å². The smallest absolute Gasteiger partial charge is 0.316 e. The minimum absolute atomic E-state index is 0.109. The SMILES string of the molecule is CC(C)CCNC(=O)CCn1c(=O)c(=O)n(C)c2ccccc21. The first kappa shape index (κ1) is 17.0. The van der Waals surface area contributed by atoms with Gasteiger partial charge in [-0.15, -0.1) is 0 Å². The highest BCUT2D eigenvalue weighted by molar-refractivity contribution is 5.77. The number of amides is 1. The van der Waals surface area contributed by atoms with Crippen molar-refractivity contribution in [2.24, 2.45) is 13.0 Å². The molecule has 23 heavy (non-hydrogen) atoms. The van der Waals surface area contributed by atoms with Crippen LogP contribution < -0.4 is 16.4 Å². The van der Waals surface area contributed by atoms with Gasteiger partial charge >= 0.3 is 11.1 Å². The normalized spacial score (nSPS) is 11.1. The summed E-state index contributed by atoms with van der Waals surface area (Å²) in [6.45, 7) is 5.01. The molecule has 0 spiro atoms. The third-order valence-electron chi connectivity index (χ3n) is 3.87. The highest BCUT2D eigenvalue weighted by Gasteiger charge is 2.11. The molecule has 0 fully saturated rings. The first-order valence-electron chi connectivity index (χ1n) is 7.87. The average Bonchev–Trinajstić information content (AvgIpc) is 2.52. The maximum absolute atomic E-state index is 12.2. The van der Waals surface area contributed by atoms with Crippen LogP contribution >= 0.6 is 0 Å². The van der Waals surface area contributed by atoms with E-state index in [9.17, 15) is 14.4 Å². The number of carbonyl (C=O) groups is 1. The Balaban J connectivity index is 2.19. The van der Waals surface area contributed by atoms with Crippen molar-refractivity contribution in [3.8, 4) is 0 Å². The van der Waals surface area contributed by atoms with E-state index >= 15 is 0 Å². The van der Waals surface area contributed by atoms with Crippen molar-refractivity contribution in [2.45, 2.75) is 33.2 Å². The lowest BCUT2D eigenvalue weighted by Crippen LogP contribution is -2.41. The molecule has 1 amide bonds. The fourth-order valence-electron chi connectivity index (χ4n) is 2.48. The van der Waals surface area contributed by atoms with Crippen LogP contribution in [0.25, 0.3) is 11.0 Å². The summed E-state index contributed by atoms with van der Waals surface area (Å²) in [6.07, 6.45) is 1.09. The molecule has 0 saturated carbocycles. The van der Waals surface area contributed by atoms with Crippen LogP contribution in [0, 0.1) is 5.92 Å². The summed E-state index contributed by atoms with van der Waals surface area (Å²) >= 11 is 0. The molecule has 124 valence electrons. The molecule has 1 aromatic heterocycles. The molecule has 6 nitrogen and oxygen atoms in total. The summed E-state index contributed by atoms with van der Waals surface area (Å²) in [6, 6.07) is 7.20. The van der Waals surface area contributed by atoms with Gasteiger partial charge in [0.1, 0.15) is 0 Å². The predicted octanol–water partition coefficient (Wildman–Crippen LogP) is 1.25. The average molecular weight is 317 g/mol. The molecule has 2 aromatic rings. The van der Waals surface area contributed by atoms with Crippen LogP contribution in [-0.2, 0) is 18.4 Å². The Bertz CT molecular complexity index is 818. The number of fused-ring (bicyclic) bond motifs is 1. The van der Waals surface area contributed by atoms with Crippen molar-refractivity contribution in [1.29, 1.82) is 0 Å². The molecule has 0 saturated heterocycles. The van der Waals surface area contributed by atoms with E-state index < -0.39 is 11.1 Å². The number of hydrogen-bond donors (Lipinski definition) is 1. The fraction of sp³-hybridized carbons (Fsp3) is 0.471. The lowest BCUT2D eigenvalue weighted by atomic mass is 10.1. The second-order valence-corrected chi connectivity index (χ2v) is 6.09. The summed E-state index contributed by atoms with van der Waals surface area (Å²) in [7, 11) is 1.58. The highest BCUT2D eigenvalue weighted by atomic mass is 16.2. The molecular weight excluding hydrogens is 294 g/mol. The molecule has 0 aliphatic rings. The van der Waals surface area contributed by atoms with Crippen molar-refractivity contribution < 1.29 is 4.79 Å². The van der Waals surface area contributed by atoms with Crippen LogP contribution in [0.4, 0.5) is 0 Å². The van der Waals surface area contributed by atoms with Gasteiger partial charge in [0.25, 0.3) is 0 Å². The first-order valence-corrected chi connectivity index (χ1v) is 7.87. The van der Waals surface area contributed by atoms with E-state index in [1.807, 2.05) is 12.1 Å². The summed E-state index contributed by atoms with van der Waals surface area (Å²) < 4.78 is 2.73. The molecule has 1 aromatic carbocycles. The maximum atomic E-state index is 12.2. The van der Waals surface area contributed by atoms with E-state index in [0.717, 1.165) is 6.42 Å². The van der Waals surface area contributed by atoms with Gasteiger partial charge in [0, 0.05) is 26.6 Å². The molecule has 6 heteroatoms. The quantitative estimate of drug-likeness (QED) is 0.815. The molecule has 0 atom stereocenters. The molecule has 2 rings (SSSR count). The number of carbonyl (C=O) groups excluding carboxylic acids is 1. The summed E-state index contributed by atoms with van der Waals surface area (Å²) in [5, 5.41) is 2.84. The van der Waals surface area contributed by atoms with Gasteiger partial charge in [-0.3, -0.25) is 14.4 Å². The number of para-hydroxylation sites is 2. The molecule has 0 radical (unpaired) electrons. The van der Waals surface area contributed by atoms with Gasteiger partial charge in [0.2, 0.25) is 5.91 Å². The highest BCUT2D eigenvalue weighted by Crippen LogP contribution is 2.09. The largest absolute Gasteiger partial charge is 0.356 e. The van der Waals surface area contributed by atoms with E-state index in [4.69, 9.17) is 0 Å². The van der Waals surface area contributed by atoms with Crippen molar-refractivity contribution in [3.05, 3.63) is 45.0 Å². The van der Waals surface area contributed by atoms with Crippen molar-refractivity contribution in [1.82, 2.24) is 14.5 Å². The lowest BCUT2D eigenvalue weighted by Gasteiger charge is -2.12. The van der Waals surface area contributed by atoms with E-state index in [1.54, 1.807) is 19.2 Å². The summed E-state index contributed by atoms with van der Waals surface area (Å²) in [5.74, 6) is 0.418. The Morgan fingerprint density at radius 2 is 1.78 bits per heavy atom. The van der Waals surface area contributed by atoms with Crippen LogP contribution in [0.3, 0.4) is 0 Å². The standard InChI is InChI=1S/C17H23N3O3/c1-12(2)8-10-18-15(21)9-11-20-14-7-5-4-6-13(14)19(3)16(22)17(20)23/h4-7,12H,8-11H2,1-3H3,(H,18,21). The van der Waals surface area contributed by atoms with Gasteiger partial charge < -0.3 is 14.5 Å². The van der Waals surface area contributed by atoms with Crippen molar-refractivity contribution in [2.75, 3.05) is 6.54 Å². The number of nitrogens with zero attached hydrogens (tertiary/aromatic N) is 2. The van der Waals surface area contributed by atoms with Crippen LogP contribution in [0.5, 0.6) is 0 Å². The van der Waals surface area contributed by atoms with E-state index in [1.165, 1.54) is 9.13 Å². The molecule has 1 heterocycles. The Morgan fingerprint density at radius 1 is 1.13 bits per heavy atom. The Kier molecular flexibility index (Phi) is 5.36. The number of rotatable bonds is 6. The van der Waals surface area contributed by atoms with Crippen LogP contribution in [0.2, 0.25) is 0 Å². The Hall–Kier alpha value is -2.37. The fourth-order valence-corrected chi connectivity index (χ4v) is 2.48. The van der Waals surface area contributed by atoms with Gasteiger partial charge in [-0.1, -0.05) is 26.0 Å².